The smallest absolute Gasteiger partial charge is 0.348 e. The average Bonchev–Trinajstić information content (AvgIpc) is 3.37. The van der Waals surface area contributed by atoms with Crippen molar-refractivity contribution in [3.63, 3.8) is 0 Å². The van der Waals surface area contributed by atoms with E-state index in [9.17, 15) is 14.4 Å². The van der Waals surface area contributed by atoms with E-state index in [1.165, 1.54) is 6.07 Å². The van der Waals surface area contributed by atoms with Crippen molar-refractivity contribution in [1.29, 1.82) is 0 Å². The maximum absolute atomic E-state index is 12.9. The molecule has 3 aromatic rings. The summed E-state index contributed by atoms with van der Waals surface area (Å²) in [6.45, 7) is 8.87. The zero-order valence-electron chi connectivity index (χ0n) is 20.0. The molecule has 8 nitrogen and oxygen atoms in total. The number of nitrogens with one attached hydrogen (secondary N) is 1. The van der Waals surface area contributed by atoms with E-state index >= 15 is 0 Å². The number of rotatable bonds is 9. The van der Waals surface area contributed by atoms with Crippen molar-refractivity contribution in [2.24, 2.45) is 0 Å². The molecule has 0 aliphatic carbocycles. The number of esters is 2. The minimum absolute atomic E-state index is 0.0170. The average molecular weight is 520 g/mol. The molecular weight excluding hydrogens is 494 g/mol. The van der Waals surface area contributed by atoms with Crippen molar-refractivity contribution in [2.75, 3.05) is 11.9 Å². The van der Waals surface area contributed by atoms with E-state index in [4.69, 9.17) is 30.2 Å². The van der Waals surface area contributed by atoms with Gasteiger partial charge in [-0.05, 0) is 76.1 Å². The number of aryl methyl sites for hydroxylation is 1. The molecule has 0 atom stereocenters. The normalized spacial score (nSPS) is 10.8. The van der Waals surface area contributed by atoms with Gasteiger partial charge in [-0.1, -0.05) is 11.6 Å². The monoisotopic (exact) mass is 519 g/mol. The van der Waals surface area contributed by atoms with E-state index in [0.717, 1.165) is 16.9 Å². The van der Waals surface area contributed by atoms with Crippen molar-refractivity contribution in [2.45, 2.75) is 47.3 Å². The topological polar surface area (TPSA) is 104 Å². The van der Waals surface area contributed by atoms with E-state index in [0.29, 0.717) is 22.1 Å². The van der Waals surface area contributed by atoms with E-state index in [-0.39, 0.29) is 40.5 Å². The zero-order chi connectivity index (χ0) is 25.7. The minimum Gasteiger partial charge on any atom is -0.485 e. The molecule has 1 amide bonds. The van der Waals surface area contributed by atoms with Gasteiger partial charge in [-0.2, -0.15) is 0 Å². The van der Waals surface area contributed by atoms with Crippen molar-refractivity contribution in [1.82, 2.24) is 0 Å². The van der Waals surface area contributed by atoms with Crippen LogP contribution in [0.5, 0.6) is 5.75 Å². The lowest BCUT2D eigenvalue weighted by molar-refractivity contribution is 0.0379. The highest BCUT2D eigenvalue weighted by Crippen LogP contribution is 2.35. The van der Waals surface area contributed by atoms with Gasteiger partial charge in [-0.25, -0.2) is 9.59 Å². The maximum Gasteiger partial charge on any atom is 0.348 e. The Bertz CT molecular complexity index is 1240. The second-order valence-electron chi connectivity index (χ2n) is 7.85. The summed E-state index contributed by atoms with van der Waals surface area (Å²) in [6, 6.07) is 8.39. The Morgan fingerprint density at radius 2 is 1.86 bits per heavy atom. The Morgan fingerprint density at radius 1 is 1.11 bits per heavy atom. The van der Waals surface area contributed by atoms with Crippen molar-refractivity contribution in [3.8, 4) is 5.75 Å². The molecule has 186 valence electrons. The lowest BCUT2D eigenvalue weighted by atomic mass is 10.1. The van der Waals surface area contributed by atoms with Crippen LogP contribution in [0.15, 0.2) is 34.7 Å². The van der Waals surface area contributed by atoms with E-state index in [1.54, 1.807) is 52.0 Å². The van der Waals surface area contributed by atoms with E-state index < -0.39 is 17.8 Å². The van der Waals surface area contributed by atoms with Gasteiger partial charge in [0, 0.05) is 5.02 Å². The third-order valence-electron chi connectivity index (χ3n) is 4.77. The summed E-state index contributed by atoms with van der Waals surface area (Å²) in [5, 5.41) is 3.45. The van der Waals surface area contributed by atoms with Crippen LogP contribution < -0.4 is 10.1 Å². The first-order valence-electron chi connectivity index (χ1n) is 10.9. The van der Waals surface area contributed by atoms with Crippen LogP contribution in [0, 0.1) is 13.8 Å². The number of furan rings is 1. The Hall–Kier alpha value is -3.30. The molecule has 0 aliphatic heterocycles. The number of carbonyl (C=O) groups is 3. The SMILES string of the molecule is CCOC(=O)c1sc(NC(=O)c2ccc(COc3ccc(Cl)cc3C)o2)c(C(=O)OC(C)C)c1C. The standard InChI is InChI=1S/C25H26ClNO7S/c1-6-31-25(30)21-15(5)20(24(29)33-13(2)3)23(35-21)27-22(28)19-10-8-17(34-19)12-32-18-9-7-16(26)11-14(18)4/h7-11,13H,6,12H2,1-5H3,(H,27,28). The molecule has 1 aromatic carbocycles. The molecular formula is C25H26ClNO7S. The number of ether oxygens (including phenoxy) is 3. The highest BCUT2D eigenvalue weighted by molar-refractivity contribution is 7.18. The van der Waals surface area contributed by atoms with E-state index in [2.05, 4.69) is 5.32 Å². The highest BCUT2D eigenvalue weighted by atomic mass is 35.5. The van der Waals surface area contributed by atoms with Crippen LogP contribution in [-0.4, -0.2) is 30.6 Å². The Labute approximate surface area is 212 Å². The molecule has 0 spiro atoms. The van der Waals surface area contributed by atoms with Crippen LogP contribution in [-0.2, 0) is 16.1 Å². The molecule has 10 heteroatoms. The summed E-state index contributed by atoms with van der Waals surface area (Å²) in [4.78, 5) is 38.2. The minimum atomic E-state index is -0.647. The molecule has 1 N–H and O–H groups in total. The predicted octanol–water partition coefficient (Wildman–Crippen LogP) is 6.18. The number of hydrogen-bond donors (Lipinski definition) is 1. The first-order valence-corrected chi connectivity index (χ1v) is 12.1. The Balaban J connectivity index is 1.78. The molecule has 2 heterocycles. The van der Waals surface area contributed by atoms with Gasteiger partial charge < -0.3 is 23.9 Å². The molecule has 3 rings (SSSR count). The van der Waals surface area contributed by atoms with Crippen LogP contribution in [0.25, 0.3) is 0 Å². The third kappa shape index (κ3) is 6.43. The van der Waals surface area contributed by atoms with Crippen LogP contribution in [0.4, 0.5) is 5.00 Å². The summed E-state index contributed by atoms with van der Waals surface area (Å²) in [6.07, 6.45) is -0.381. The number of anilines is 1. The van der Waals surface area contributed by atoms with Gasteiger partial charge in [-0.15, -0.1) is 11.3 Å². The Morgan fingerprint density at radius 3 is 2.51 bits per heavy atom. The van der Waals surface area contributed by atoms with Gasteiger partial charge >= 0.3 is 11.9 Å². The zero-order valence-corrected chi connectivity index (χ0v) is 21.6. The van der Waals surface area contributed by atoms with Crippen LogP contribution >= 0.6 is 22.9 Å². The predicted molar refractivity (Wildman–Crippen MR) is 133 cm³/mol. The molecule has 0 aliphatic rings. The summed E-state index contributed by atoms with van der Waals surface area (Å²) < 4.78 is 21.8. The second kappa shape index (κ2) is 11.4. The molecule has 0 radical (unpaired) electrons. The summed E-state index contributed by atoms with van der Waals surface area (Å²) in [5.41, 5.74) is 1.35. The van der Waals surface area contributed by atoms with Crippen molar-refractivity contribution < 1.29 is 33.0 Å². The number of hydrogen-bond acceptors (Lipinski definition) is 8. The van der Waals surface area contributed by atoms with E-state index in [1.807, 2.05) is 6.92 Å². The first-order chi connectivity index (χ1) is 16.6. The fourth-order valence-electron chi connectivity index (χ4n) is 3.18. The van der Waals surface area contributed by atoms with Gasteiger partial charge in [0.05, 0.1) is 18.3 Å². The molecule has 35 heavy (non-hydrogen) atoms. The van der Waals surface area contributed by atoms with Crippen LogP contribution in [0.2, 0.25) is 5.02 Å². The van der Waals surface area contributed by atoms with Gasteiger partial charge in [0.25, 0.3) is 5.91 Å². The number of carbonyl (C=O) groups excluding carboxylic acids is 3. The fraction of sp³-hybridized carbons (Fsp3) is 0.320. The third-order valence-corrected chi connectivity index (χ3v) is 6.20. The number of thiophene rings is 1. The summed E-state index contributed by atoms with van der Waals surface area (Å²) >= 11 is 6.91. The van der Waals surface area contributed by atoms with Gasteiger partial charge in [-0.3, -0.25) is 4.79 Å². The largest absolute Gasteiger partial charge is 0.485 e. The van der Waals surface area contributed by atoms with Crippen LogP contribution in [0.3, 0.4) is 0 Å². The molecule has 0 saturated heterocycles. The van der Waals surface area contributed by atoms with Crippen molar-refractivity contribution in [3.05, 3.63) is 68.4 Å². The van der Waals surface area contributed by atoms with Gasteiger partial charge in [0.15, 0.2) is 5.76 Å². The van der Waals surface area contributed by atoms with Gasteiger partial charge in [0.2, 0.25) is 0 Å². The summed E-state index contributed by atoms with van der Waals surface area (Å²) in [5.74, 6) is -0.725. The Kier molecular flexibility index (Phi) is 8.58. The van der Waals surface area contributed by atoms with Crippen LogP contribution in [0.1, 0.15) is 68.2 Å². The molecule has 0 saturated carbocycles. The quantitative estimate of drug-likeness (QED) is 0.336. The van der Waals surface area contributed by atoms with Gasteiger partial charge in [0.1, 0.15) is 28.0 Å². The molecule has 0 unspecified atom stereocenters. The number of halogens is 1. The number of amides is 1. The lowest BCUT2D eigenvalue weighted by Gasteiger charge is -2.10. The first kappa shape index (κ1) is 26.3. The highest BCUT2D eigenvalue weighted by Gasteiger charge is 2.28. The molecule has 0 bridgehead atoms. The number of benzene rings is 1. The van der Waals surface area contributed by atoms with Crippen molar-refractivity contribution >= 4 is 45.8 Å². The maximum atomic E-state index is 12.9. The second-order valence-corrected chi connectivity index (χ2v) is 9.31. The molecule has 2 aromatic heterocycles. The fourth-order valence-corrected chi connectivity index (χ4v) is 4.49. The lowest BCUT2D eigenvalue weighted by Crippen LogP contribution is -2.16. The summed E-state index contributed by atoms with van der Waals surface area (Å²) in [7, 11) is 0. The molecule has 0 fully saturated rings.